The lowest BCUT2D eigenvalue weighted by Crippen LogP contribution is -2.27. The second-order valence-corrected chi connectivity index (χ2v) is 6.50. The van der Waals surface area contributed by atoms with Gasteiger partial charge >= 0.3 is 5.97 Å². The molecule has 1 heterocycles. The molecule has 0 unspecified atom stereocenters. The zero-order valence-electron chi connectivity index (χ0n) is 15.4. The Labute approximate surface area is 166 Å². The van der Waals surface area contributed by atoms with E-state index >= 15 is 0 Å². The molecule has 2 aromatic carbocycles. The third-order valence-electron chi connectivity index (χ3n) is 4.08. The number of carbonyl (C=O) groups excluding carboxylic acids is 1. The molecule has 0 N–H and O–H groups in total. The van der Waals surface area contributed by atoms with Gasteiger partial charge in [-0.2, -0.15) is 0 Å². The zero-order chi connectivity index (χ0) is 20.1. The Morgan fingerprint density at radius 2 is 1.89 bits per heavy atom. The van der Waals surface area contributed by atoms with Gasteiger partial charge in [-0.3, -0.25) is 4.79 Å². The fraction of sp³-hybridized carbons (Fsp3) is 0.238. The Kier molecular flexibility index (Phi) is 6.34. The molecule has 0 amide bonds. The van der Waals surface area contributed by atoms with Crippen LogP contribution in [0.3, 0.4) is 0 Å². The van der Waals surface area contributed by atoms with E-state index < -0.39 is 12.1 Å². The van der Waals surface area contributed by atoms with Gasteiger partial charge in [0, 0.05) is 18.2 Å². The molecule has 28 heavy (non-hydrogen) atoms. The predicted molar refractivity (Wildman–Crippen MR) is 106 cm³/mol. The lowest BCUT2D eigenvalue weighted by Gasteiger charge is -2.14. The zero-order valence-corrected chi connectivity index (χ0v) is 16.2. The number of methoxy groups -OCH3 is 1. The van der Waals surface area contributed by atoms with Gasteiger partial charge in [-0.1, -0.05) is 23.7 Å². The van der Waals surface area contributed by atoms with Gasteiger partial charge in [-0.05, 0) is 36.8 Å². The number of ether oxygens (including phenoxy) is 3. The lowest BCUT2D eigenvalue weighted by molar-refractivity contribution is -0.152. The molecule has 1 aromatic heterocycles. The molecule has 146 valence electrons. The van der Waals surface area contributed by atoms with Gasteiger partial charge in [0.15, 0.2) is 11.5 Å². The number of carbonyl (C=O) groups is 1. The average molecular weight is 403 g/mol. The first kappa shape index (κ1) is 19.9. The first-order chi connectivity index (χ1) is 13.5. The van der Waals surface area contributed by atoms with E-state index in [1.165, 1.54) is 13.4 Å². The molecule has 0 saturated carbocycles. The number of hydrogen-bond acceptors (Lipinski definition) is 6. The molecule has 0 bridgehead atoms. The van der Waals surface area contributed by atoms with Gasteiger partial charge in [0.2, 0.25) is 0 Å². The molecular weight excluding hydrogens is 384 g/mol. The Morgan fingerprint density at radius 3 is 2.61 bits per heavy atom. The fourth-order valence-electron chi connectivity index (χ4n) is 2.61. The summed E-state index contributed by atoms with van der Waals surface area (Å²) in [6.07, 6.45) is 0.592. The van der Waals surface area contributed by atoms with Crippen molar-refractivity contribution < 1.29 is 23.4 Å². The van der Waals surface area contributed by atoms with E-state index in [0.717, 1.165) is 0 Å². The molecule has 0 spiro atoms. The molecule has 7 heteroatoms. The van der Waals surface area contributed by atoms with Crippen LogP contribution in [-0.4, -0.2) is 32.4 Å². The van der Waals surface area contributed by atoms with E-state index in [1.807, 2.05) is 0 Å². The van der Waals surface area contributed by atoms with Gasteiger partial charge in [0.25, 0.3) is 0 Å². The van der Waals surface area contributed by atoms with Crippen LogP contribution >= 0.6 is 11.6 Å². The fourth-order valence-corrected chi connectivity index (χ4v) is 2.73. The van der Waals surface area contributed by atoms with Gasteiger partial charge in [0.05, 0.1) is 17.6 Å². The summed E-state index contributed by atoms with van der Waals surface area (Å²) in [6, 6.07) is 11.7. The standard InChI is InChI=1S/C21H19ClO6/c1-13(21(24)26-10-9-25-2)28-16-7-8-17-19(11-16)27-12-18(20(17)23)14-3-5-15(22)6-4-14/h3-8,11-13H,9-10H2,1-2H3/t13-/m0/s1. The van der Waals surface area contributed by atoms with Gasteiger partial charge in [-0.25, -0.2) is 4.79 Å². The van der Waals surface area contributed by atoms with Crippen LogP contribution in [0.1, 0.15) is 6.92 Å². The van der Waals surface area contributed by atoms with Crippen LogP contribution < -0.4 is 10.2 Å². The summed E-state index contributed by atoms with van der Waals surface area (Å²) >= 11 is 5.90. The normalized spacial score (nSPS) is 12.0. The highest BCUT2D eigenvalue weighted by Gasteiger charge is 2.17. The second kappa shape index (κ2) is 8.91. The summed E-state index contributed by atoms with van der Waals surface area (Å²) in [7, 11) is 1.52. The number of benzene rings is 2. The van der Waals surface area contributed by atoms with E-state index in [2.05, 4.69) is 0 Å². The minimum Gasteiger partial charge on any atom is -0.479 e. The minimum absolute atomic E-state index is 0.156. The van der Waals surface area contributed by atoms with Crippen LogP contribution in [0.2, 0.25) is 5.02 Å². The number of rotatable bonds is 7. The Bertz CT molecular complexity index is 1030. The first-order valence-electron chi connectivity index (χ1n) is 8.63. The van der Waals surface area contributed by atoms with Crippen molar-refractivity contribution in [1.29, 1.82) is 0 Å². The smallest absolute Gasteiger partial charge is 0.347 e. The summed E-state index contributed by atoms with van der Waals surface area (Å²) in [6.45, 7) is 2.05. The van der Waals surface area contributed by atoms with E-state index in [1.54, 1.807) is 49.4 Å². The Morgan fingerprint density at radius 1 is 1.14 bits per heavy atom. The minimum atomic E-state index is -0.811. The van der Waals surface area contributed by atoms with E-state index in [9.17, 15) is 9.59 Å². The summed E-state index contributed by atoms with van der Waals surface area (Å²) in [4.78, 5) is 24.7. The van der Waals surface area contributed by atoms with Crippen LogP contribution in [0, 0.1) is 0 Å². The molecule has 0 saturated heterocycles. The van der Waals surface area contributed by atoms with Gasteiger partial charge < -0.3 is 18.6 Å². The summed E-state index contributed by atoms with van der Waals surface area (Å²) in [5.41, 5.74) is 1.35. The highest BCUT2D eigenvalue weighted by molar-refractivity contribution is 6.30. The summed E-state index contributed by atoms with van der Waals surface area (Å²) in [5, 5.41) is 1.00. The van der Waals surface area contributed by atoms with E-state index in [-0.39, 0.29) is 12.0 Å². The quantitative estimate of drug-likeness (QED) is 0.438. The molecule has 0 radical (unpaired) electrons. The van der Waals surface area contributed by atoms with Crippen LogP contribution in [0.5, 0.6) is 5.75 Å². The molecule has 6 nitrogen and oxygen atoms in total. The third kappa shape index (κ3) is 4.52. The number of fused-ring (bicyclic) bond motifs is 1. The molecule has 0 fully saturated rings. The average Bonchev–Trinajstić information content (AvgIpc) is 2.69. The molecule has 3 aromatic rings. The van der Waals surface area contributed by atoms with Crippen molar-refractivity contribution >= 4 is 28.5 Å². The maximum atomic E-state index is 12.8. The van der Waals surface area contributed by atoms with Crippen molar-refractivity contribution in [1.82, 2.24) is 0 Å². The summed E-state index contributed by atoms with van der Waals surface area (Å²) in [5.74, 6) is -0.109. The maximum Gasteiger partial charge on any atom is 0.347 e. The first-order valence-corrected chi connectivity index (χ1v) is 9.01. The van der Waals surface area contributed by atoms with Crippen LogP contribution in [-0.2, 0) is 14.3 Å². The van der Waals surface area contributed by atoms with Crippen molar-refractivity contribution in [2.75, 3.05) is 20.3 Å². The second-order valence-electron chi connectivity index (χ2n) is 6.06. The van der Waals surface area contributed by atoms with Crippen molar-refractivity contribution in [2.24, 2.45) is 0 Å². The van der Waals surface area contributed by atoms with Crippen LogP contribution in [0.15, 0.2) is 57.9 Å². The molecule has 0 aliphatic heterocycles. The topological polar surface area (TPSA) is 75.0 Å². The Balaban J connectivity index is 1.81. The largest absolute Gasteiger partial charge is 0.479 e. The van der Waals surface area contributed by atoms with Crippen molar-refractivity contribution in [3.63, 3.8) is 0 Å². The predicted octanol–water partition coefficient (Wildman–Crippen LogP) is 4.07. The molecule has 0 aliphatic carbocycles. The highest BCUT2D eigenvalue weighted by atomic mass is 35.5. The lowest BCUT2D eigenvalue weighted by atomic mass is 10.1. The monoisotopic (exact) mass is 402 g/mol. The Hall–Kier alpha value is -2.83. The number of esters is 1. The molecule has 3 rings (SSSR count). The van der Waals surface area contributed by atoms with Crippen molar-refractivity contribution in [3.8, 4) is 16.9 Å². The van der Waals surface area contributed by atoms with Crippen molar-refractivity contribution in [2.45, 2.75) is 13.0 Å². The molecule has 1 atom stereocenters. The summed E-state index contributed by atoms with van der Waals surface area (Å²) < 4.78 is 21.1. The van der Waals surface area contributed by atoms with Crippen LogP contribution in [0.25, 0.3) is 22.1 Å². The SMILES string of the molecule is COCCOC(=O)[C@H](C)Oc1ccc2c(=O)c(-c3ccc(Cl)cc3)coc2c1. The molecular formula is C21H19ClO6. The maximum absolute atomic E-state index is 12.8. The van der Waals surface area contributed by atoms with Gasteiger partial charge in [-0.15, -0.1) is 0 Å². The molecule has 0 aliphatic rings. The third-order valence-corrected chi connectivity index (χ3v) is 4.33. The number of halogens is 1. The van der Waals surface area contributed by atoms with Crippen molar-refractivity contribution in [3.05, 3.63) is 64.0 Å². The highest BCUT2D eigenvalue weighted by Crippen LogP contribution is 2.24. The number of hydrogen-bond donors (Lipinski definition) is 0. The van der Waals surface area contributed by atoms with Gasteiger partial charge in [0.1, 0.15) is 24.2 Å². The van der Waals surface area contributed by atoms with Crippen LogP contribution in [0.4, 0.5) is 0 Å². The van der Waals surface area contributed by atoms with E-state index in [4.69, 9.17) is 30.2 Å². The van der Waals surface area contributed by atoms with E-state index in [0.29, 0.717) is 39.5 Å².